The van der Waals surface area contributed by atoms with Crippen molar-refractivity contribution in [2.24, 2.45) is 17.8 Å². The minimum absolute atomic E-state index is 0.0807. The van der Waals surface area contributed by atoms with Crippen LogP contribution in [0.4, 0.5) is 0 Å². The topological polar surface area (TPSA) is 29.5 Å². The Hall–Kier alpha value is -0.0800. The molecule has 1 saturated carbocycles. The minimum atomic E-state index is -0.0807. The molecule has 2 heteroatoms. The van der Waals surface area contributed by atoms with Gasteiger partial charge in [0.2, 0.25) is 0 Å². The van der Waals surface area contributed by atoms with Crippen molar-refractivity contribution in [3.05, 3.63) is 0 Å². The first-order valence-corrected chi connectivity index (χ1v) is 7.07. The van der Waals surface area contributed by atoms with Gasteiger partial charge in [-0.1, -0.05) is 19.8 Å². The van der Waals surface area contributed by atoms with Crippen LogP contribution < -0.4 is 0 Å². The van der Waals surface area contributed by atoms with Crippen molar-refractivity contribution in [2.75, 3.05) is 0 Å². The van der Waals surface area contributed by atoms with Crippen LogP contribution in [0, 0.1) is 17.8 Å². The van der Waals surface area contributed by atoms with E-state index in [1.165, 1.54) is 38.5 Å². The summed E-state index contributed by atoms with van der Waals surface area (Å²) in [6.45, 7) is 2.34. The number of fused-ring (bicyclic) bond motifs is 2. The summed E-state index contributed by atoms with van der Waals surface area (Å²) in [5, 5.41) is 10.5. The highest BCUT2D eigenvalue weighted by Gasteiger charge is 2.46. The second-order valence-corrected chi connectivity index (χ2v) is 6.28. The summed E-state index contributed by atoms with van der Waals surface area (Å²) >= 11 is 0. The number of aliphatic hydroxyl groups is 1. The molecule has 92 valence electrons. The third kappa shape index (κ3) is 1.91. The summed E-state index contributed by atoms with van der Waals surface area (Å²) in [6.07, 6.45) is 9.41. The second kappa shape index (κ2) is 4.30. The molecule has 2 bridgehead atoms. The molecule has 0 aromatic carbocycles. The van der Waals surface area contributed by atoms with E-state index in [0.717, 1.165) is 12.3 Å². The van der Waals surface area contributed by atoms with E-state index in [2.05, 4.69) is 6.92 Å². The Morgan fingerprint density at radius 3 is 2.38 bits per heavy atom. The lowest BCUT2D eigenvalue weighted by atomic mass is 9.73. The van der Waals surface area contributed by atoms with Crippen molar-refractivity contribution in [1.29, 1.82) is 0 Å². The molecule has 0 aromatic heterocycles. The molecule has 16 heavy (non-hydrogen) atoms. The first-order valence-electron chi connectivity index (χ1n) is 7.07. The predicted octanol–water partition coefficient (Wildman–Crippen LogP) is 2.74. The van der Waals surface area contributed by atoms with Crippen LogP contribution in [-0.2, 0) is 4.74 Å². The first-order chi connectivity index (χ1) is 7.74. The summed E-state index contributed by atoms with van der Waals surface area (Å²) in [4.78, 5) is 0. The van der Waals surface area contributed by atoms with E-state index in [-0.39, 0.29) is 6.10 Å². The number of hydrogen-bond acceptors (Lipinski definition) is 2. The third-order valence-electron chi connectivity index (χ3n) is 5.14. The van der Waals surface area contributed by atoms with Crippen LogP contribution in [0.2, 0.25) is 0 Å². The van der Waals surface area contributed by atoms with Gasteiger partial charge in [-0.2, -0.15) is 0 Å². The van der Waals surface area contributed by atoms with Gasteiger partial charge in [0.1, 0.15) is 0 Å². The minimum Gasteiger partial charge on any atom is -0.392 e. The summed E-state index contributed by atoms with van der Waals surface area (Å²) in [5.74, 6) is 1.89. The summed E-state index contributed by atoms with van der Waals surface area (Å²) in [6, 6.07) is 0. The molecule has 3 fully saturated rings. The highest BCUT2D eigenvalue weighted by atomic mass is 16.5. The number of hydrogen-bond donors (Lipinski definition) is 1. The second-order valence-electron chi connectivity index (χ2n) is 6.28. The molecule has 2 heterocycles. The first kappa shape index (κ1) is 11.0. The lowest BCUT2D eigenvalue weighted by Gasteiger charge is -2.34. The van der Waals surface area contributed by atoms with Crippen molar-refractivity contribution >= 4 is 0 Å². The van der Waals surface area contributed by atoms with Gasteiger partial charge < -0.3 is 9.84 Å². The van der Waals surface area contributed by atoms with Crippen LogP contribution >= 0.6 is 0 Å². The van der Waals surface area contributed by atoms with Gasteiger partial charge in [0.15, 0.2) is 0 Å². The van der Waals surface area contributed by atoms with Gasteiger partial charge in [0.25, 0.3) is 0 Å². The van der Waals surface area contributed by atoms with Crippen LogP contribution in [0.5, 0.6) is 0 Å². The third-order valence-corrected chi connectivity index (χ3v) is 5.14. The predicted molar refractivity (Wildman–Crippen MR) is 63.1 cm³/mol. The molecule has 1 aliphatic carbocycles. The molecule has 4 atom stereocenters. The molecule has 3 rings (SSSR count). The Bertz CT molecular complexity index is 245. The van der Waals surface area contributed by atoms with Crippen LogP contribution in [0.3, 0.4) is 0 Å². The Morgan fingerprint density at radius 2 is 1.81 bits per heavy atom. The van der Waals surface area contributed by atoms with E-state index in [9.17, 15) is 5.11 Å². The summed E-state index contributed by atoms with van der Waals surface area (Å²) < 4.78 is 5.86. The van der Waals surface area contributed by atoms with Gasteiger partial charge >= 0.3 is 0 Å². The molecule has 0 spiro atoms. The molecular weight excluding hydrogens is 200 g/mol. The van der Waals surface area contributed by atoms with Crippen molar-refractivity contribution in [3.8, 4) is 0 Å². The van der Waals surface area contributed by atoms with Crippen molar-refractivity contribution in [3.63, 3.8) is 0 Å². The fourth-order valence-corrected chi connectivity index (χ4v) is 4.01. The standard InChI is InChI=1S/C14H24O2/c1-9-2-4-10(5-3-9)14(15)12-8-11-6-7-13(12)16-11/h9-15H,2-8H2,1H3. The Balaban J connectivity index is 1.58. The maximum absolute atomic E-state index is 10.5. The molecule has 2 aliphatic heterocycles. The van der Waals surface area contributed by atoms with Crippen LogP contribution in [-0.4, -0.2) is 23.4 Å². The molecule has 0 amide bonds. The Morgan fingerprint density at radius 1 is 1.06 bits per heavy atom. The van der Waals surface area contributed by atoms with E-state index >= 15 is 0 Å². The maximum Gasteiger partial charge on any atom is 0.0633 e. The van der Waals surface area contributed by atoms with E-state index in [4.69, 9.17) is 4.74 Å². The number of rotatable bonds is 2. The monoisotopic (exact) mass is 224 g/mol. The average Bonchev–Trinajstić information content (AvgIpc) is 2.91. The quantitative estimate of drug-likeness (QED) is 0.781. The highest BCUT2D eigenvalue weighted by Crippen LogP contribution is 2.44. The van der Waals surface area contributed by atoms with Crippen molar-refractivity contribution in [2.45, 2.75) is 70.2 Å². The normalized spacial score (nSPS) is 49.5. The largest absolute Gasteiger partial charge is 0.392 e. The number of ether oxygens (including phenoxy) is 1. The van der Waals surface area contributed by atoms with Crippen LogP contribution in [0.15, 0.2) is 0 Å². The lowest BCUT2D eigenvalue weighted by molar-refractivity contribution is -0.00399. The summed E-state index contributed by atoms with van der Waals surface area (Å²) in [5.41, 5.74) is 0. The zero-order chi connectivity index (χ0) is 11.1. The van der Waals surface area contributed by atoms with Gasteiger partial charge in [-0.25, -0.2) is 0 Å². The molecule has 3 aliphatic rings. The zero-order valence-corrected chi connectivity index (χ0v) is 10.3. The lowest BCUT2D eigenvalue weighted by Crippen LogP contribution is -2.36. The van der Waals surface area contributed by atoms with Gasteiger partial charge in [-0.05, 0) is 43.9 Å². The van der Waals surface area contributed by atoms with Crippen LogP contribution in [0.1, 0.15) is 51.9 Å². The molecule has 2 saturated heterocycles. The van der Waals surface area contributed by atoms with Crippen molar-refractivity contribution in [1.82, 2.24) is 0 Å². The molecular formula is C14H24O2. The van der Waals surface area contributed by atoms with Crippen molar-refractivity contribution < 1.29 is 9.84 Å². The Labute approximate surface area is 98.4 Å². The zero-order valence-electron chi connectivity index (χ0n) is 10.3. The van der Waals surface area contributed by atoms with Gasteiger partial charge in [0, 0.05) is 5.92 Å². The summed E-state index contributed by atoms with van der Waals surface area (Å²) in [7, 11) is 0. The maximum atomic E-state index is 10.5. The SMILES string of the molecule is CC1CCC(C(O)C2CC3CCC2O3)CC1. The fourth-order valence-electron chi connectivity index (χ4n) is 4.01. The number of aliphatic hydroxyl groups excluding tert-OH is 1. The van der Waals surface area contributed by atoms with Gasteiger partial charge in [-0.15, -0.1) is 0 Å². The molecule has 4 unspecified atom stereocenters. The highest BCUT2D eigenvalue weighted by molar-refractivity contribution is 4.95. The van der Waals surface area contributed by atoms with E-state index in [1.807, 2.05) is 0 Å². The smallest absolute Gasteiger partial charge is 0.0633 e. The molecule has 0 aromatic rings. The van der Waals surface area contributed by atoms with E-state index in [1.54, 1.807) is 0 Å². The molecule has 0 radical (unpaired) electrons. The molecule has 1 N–H and O–H groups in total. The average molecular weight is 224 g/mol. The van der Waals surface area contributed by atoms with Gasteiger partial charge in [-0.3, -0.25) is 0 Å². The van der Waals surface area contributed by atoms with E-state index in [0.29, 0.717) is 24.0 Å². The van der Waals surface area contributed by atoms with Crippen LogP contribution in [0.25, 0.3) is 0 Å². The molecule has 2 nitrogen and oxygen atoms in total. The fraction of sp³-hybridized carbons (Fsp3) is 1.00. The van der Waals surface area contributed by atoms with Gasteiger partial charge in [0.05, 0.1) is 18.3 Å². The van der Waals surface area contributed by atoms with E-state index < -0.39 is 0 Å². The Kier molecular flexibility index (Phi) is 2.97.